The van der Waals surface area contributed by atoms with E-state index in [1.807, 2.05) is 6.20 Å². The van der Waals surface area contributed by atoms with Gasteiger partial charge in [-0.2, -0.15) is 5.10 Å². The molecule has 2 rings (SSSR count). The van der Waals surface area contributed by atoms with Gasteiger partial charge in [0.15, 0.2) is 0 Å². The average molecular weight is 165 g/mol. The van der Waals surface area contributed by atoms with Gasteiger partial charge in [0, 0.05) is 17.3 Å². The largest absolute Gasteiger partial charge is 0.310 e. The lowest BCUT2D eigenvalue weighted by molar-refractivity contribution is 0.411. The number of hydrogen-bond acceptors (Lipinski definition) is 2. The molecule has 1 saturated heterocycles. The molecule has 1 atom stereocenters. The van der Waals surface area contributed by atoms with Gasteiger partial charge in [0.05, 0.1) is 6.20 Å². The van der Waals surface area contributed by atoms with Gasteiger partial charge in [-0.05, 0) is 26.3 Å². The number of hydrogen-bond donors (Lipinski definition) is 2. The molecule has 0 amide bonds. The molecule has 1 fully saturated rings. The molecule has 3 nitrogen and oxygen atoms in total. The van der Waals surface area contributed by atoms with E-state index in [1.165, 1.54) is 30.5 Å². The Balaban J connectivity index is 2.13. The molecule has 0 spiro atoms. The van der Waals surface area contributed by atoms with E-state index < -0.39 is 0 Å². The van der Waals surface area contributed by atoms with Crippen LogP contribution in [0.5, 0.6) is 0 Å². The molecule has 0 aromatic carbocycles. The lowest BCUT2D eigenvalue weighted by Crippen LogP contribution is -2.26. The summed E-state index contributed by atoms with van der Waals surface area (Å²) in [6, 6.07) is 0.539. The Bertz CT molecular complexity index is 248. The fourth-order valence-electron chi connectivity index (χ4n) is 1.83. The summed E-state index contributed by atoms with van der Waals surface area (Å²) in [5.74, 6) is 0. The van der Waals surface area contributed by atoms with Crippen molar-refractivity contribution in [3.05, 3.63) is 17.5 Å². The third kappa shape index (κ3) is 1.37. The first kappa shape index (κ1) is 7.80. The Morgan fingerprint density at radius 3 is 3.00 bits per heavy atom. The summed E-state index contributed by atoms with van der Waals surface area (Å²) >= 11 is 0. The van der Waals surface area contributed by atoms with Crippen LogP contribution in [0.3, 0.4) is 0 Å². The van der Waals surface area contributed by atoms with Gasteiger partial charge in [-0.25, -0.2) is 0 Å². The summed E-state index contributed by atoms with van der Waals surface area (Å²) in [6.07, 6.45) is 5.84. The maximum Gasteiger partial charge on any atom is 0.0537 e. The van der Waals surface area contributed by atoms with Crippen LogP contribution < -0.4 is 5.32 Å². The molecule has 1 aliphatic heterocycles. The van der Waals surface area contributed by atoms with E-state index in [0.717, 1.165) is 6.54 Å². The van der Waals surface area contributed by atoms with Crippen molar-refractivity contribution in [1.82, 2.24) is 15.5 Å². The number of piperidine rings is 1. The first-order valence-electron chi connectivity index (χ1n) is 4.61. The van der Waals surface area contributed by atoms with E-state index in [2.05, 4.69) is 22.4 Å². The van der Waals surface area contributed by atoms with Crippen molar-refractivity contribution in [3.63, 3.8) is 0 Å². The molecular weight excluding hydrogens is 150 g/mol. The van der Waals surface area contributed by atoms with E-state index in [1.54, 1.807) is 0 Å². The van der Waals surface area contributed by atoms with Gasteiger partial charge < -0.3 is 5.32 Å². The second-order valence-electron chi connectivity index (χ2n) is 3.45. The number of rotatable bonds is 1. The number of aromatic amines is 1. The SMILES string of the molecule is Cc1[nH]ncc1C1CCCCN1. The fourth-order valence-corrected chi connectivity index (χ4v) is 1.83. The van der Waals surface area contributed by atoms with E-state index in [0.29, 0.717) is 6.04 Å². The van der Waals surface area contributed by atoms with Crippen LogP contribution in [-0.2, 0) is 0 Å². The van der Waals surface area contributed by atoms with Gasteiger partial charge in [0.25, 0.3) is 0 Å². The van der Waals surface area contributed by atoms with Crippen LogP contribution in [-0.4, -0.2) is 16.7 Å². The number of H-pyrrole nitrogens is 1. The van der Waals surface area contributed by atoms with E-state index in [9.17, 15) is 0 Å². The number of aromatic nitrogens is 2. The lowest BCUT2D eigenvalue weighted by Gasteiger charge is -2.22. The Labute approximate surface area is 72.6 Å². The highest BCUT2D eigenvalue weighted by Crippen LogP contribution is 2.23. The average Bonchev–Trinajstić information content (AvgIpc) is 2.53. The molecule has 2 heterocycles. The van der Waals surface area contributed by atoms with Crippen LogP contribution in [0.1, 0.15) is 36.6 Å². The zero-order valence-electron chi connectivity index (χ0n) is 7.43. The predicted octanol–water partition coefficient (Wildman–Crippen LogP) is 1.53. The van der Waals surface area contributed by atoms with E-state index in [4.69, 9.17) is 0 Å². The highest BCUT2D eigenvalue weighted by molar-refractivity contribution is 5.19. The minimum absolute atomic E-state index is 0.539. The van der Waals surface area contributed by atoms with Crippen molar-refractivity contribution in [2.45, 2.75) is 32.2 Å². The second kappa shape index (κ2) is 3.27. The maximum atomic E-state index is 4.03. The van der Waals surface area contributed by atoms with Gasteiger partial charge >= 0.3 is 0 Å². The van der Waals surface area contributed by atoms with Gasteiger partial charge in [0.1, 0.15) is 0 Å². The van der Waals surface area contributed by atoms with Crippen LogP contribution in [0.15, 0.2) is 6.20 Å². The minimum atomic E-state index is 0.539. The van der Waals surface area contributed by atoms with Crippen molar-refractivity contribution >= 4 is 0 Å². The molecule has 1 unspecified atom stereocenters. The predicted molar refractivity (Wildman–Crippen MR) is 47.9 cm³/mol. The minimum Gasteiger partial charge on any atom is -0.310 e. The summed E-state index contributed by atoms with van der Waals surface area (Å²) in [6.45, 7) is 3.23. The van der Waals surface area contributed by atoms with Crippen LogP contribution in [0.4, 0.5) is 0 Å². The molecule has 66 valence electrons. The molecule has 1 aliphatic rings. The van der Waals surface area contributed by atoms with Crippen molar-refractivity contribution in [2.24, 2.45) is 0 Å². The third-order valence-corrected chi connectivity index (χ3v) is 2.55. The number of nitrogens with zero attached hydrogens (tertiary/aromatic N) is 1. The van der Waals surface area contributed by atoms with Crippen molar-refractivity contribution in [3.8, 4) is 0 Å². The lowest BCUT2D eigenvalue weighted by atomic mass is 9.98. The zero-order chi connectivity index (χ0) is 8.39. The van der Waals surface area contributed by atoms with Gasteiger partial charge in [-0.1, -0.05) is 6.42 Å². The summed E-state index contributed by atoms with van der Waals surface area (Å²) in [7, 11) is 0. The Kier molecular flexibility index (Phi) is 2.13. The van der Waals surface area contributed by atoms with E-state index in [-0.39, 0.29) is 0 Å². The zero-order valence-corrected chi connectivity index (χ0v) is 7.43. The Morgan fingerprint density at radius 2 is 2.42 bits per heavy atom. The molecule has 2 N–H and O–H groups in total. The maximum absolute atomic E-state index is 4.03. The summed E-state index contributed by atoms with van der Waals surface area (Å²) in [5.41, 5.74) is 2.55. The summed E-state index contributed by atoms with van der Waals surface area (Å²) in [5, 5.41) is 10.5. The molecule has 3 heteroatoms. The molecule has 0 radical (unpaired) electrons. The number of nitrogens with one attached hydrogen (secondary N) is 2. The molecule has 0 aliphatic carbocycles. The van der Waals surface area contributed by atoms with Gasteiger partial charge in [-0.15, -0.1) is 0 Å². The number of aryl methyl sites for hydroxylation is 1. The monoisotopic (exact) mass is 165 g/mol. The first-order chi connectivity index (χ1) is 5.88. The van der Waals surface area contributed by atoms with Crippen LogP contribution in [0.2, 0.25) is 0 Å². The third-order valence-electron chi connectivity index (χ3n) is 2.55. The molecular formula is C9H15N3. The van der Waals surface area contributed by atoms with Crippen LogP contribution in [0.25, 0.3) is 0 Å². The van der Waals surface area contributed by atoms with Crippen LogP contribution in [0, 0.1) is 6.92 Å². The molecule has 1 aromatic rings. The smallest absolute Gasteiger partial charge is 0.0537 e. The normalized spacial score (nSPS) is 24.2. The van der Waals surface area contributed by atoms with Crippen molar-refractivity contribution < 1.29 is 0 Å². The Morgan fingerprint density at radius 1 is 1.50 bits per heavy atom. The molecule has 0 bridgehead atoms. The van der Waals surface area contributed by atoms with Gasteiger partial charge in [-0.3, -0.25) is 5.10 Å². The van der Waals surface area contributed by atoms with Crippen LogP contribution >= 0.6 is 0 Å². The summed E-state index contributed by atoms with van der Waals surface area (Å²) in [4.78, 5) is 0. The highest BCUT2D eigenvalue weighted by atomic mass is 15.1. The van der Waals surface area contributed by atoms with E-state index >= 15 is 0 Å². The quantitative estimate of drug-likeness (QED) is 0.662. The fraction of sp³-hybridized carbons (Fsp3) is 0.667. The van der Waals surface area contributed by atoms with Crippen molar-refractivity contribution in [1.29, 1.82) is 0 Å². The summed E-state index contributed by atoms with van der Waals surface area (Å²) < 4.78 is 0. The highest BCUT2D eigenvalue weighted by Gasteiger charge is 2.16. The molecule has 1 aromatic heterocycles. The topological polar surface area (TPSA) is 40.7 Å². The second-order valence-corrected chi connectivity index (χ2v) is 3.45. The Hall–Kier alpha value is -0.830. The molecule has 0 saturated carbocycles. The standard InChI is InChI=1S/C9H15N3/c1-7-8(6-11-12-7)9-4-2-3-5-10-9/h6,9-10H,2-5H2,1H3,(H,11,12). The first-order valence-corrected chi connectivity index (χ1v) is 4.61. The van der Waals surface area contributed by atoms with Crippen molar-refractivity contribution in [2.75, 3.05) is 6.54 Å². The van der Waals surface area contributed by atoms with Gasteiger partial charge in [0.2, 0.25) is 0 Å². The molecule has 12 heavy (non-hydrogen) atoms.